The number of nitrogens with one attached hydrogen (secondary N) is 9. The van der Waals surface area contributed by atoms with Gasteiger partial charge < -0.3 is 75.6 Å². The molecule has 8 atom stereocenters. The molecule has 2 amide bonds. The predicted molar refractivity (Wildman–Crippen MR) is 555 cm³/mol. The normalized spacial score (nSPS) is 18.1. The lowest BCUT2D eigenvalue weighted by Gasteiger charge is -2.39. The number of carboxylic acid groups (broad SMARTS) is 1. The Balaban J connectivity index is 0.000000200. The maximum Gasteiger partial charge on any atom is 0.490 e. The molecule has 4 saturated carbocycles. The van der Waals surface area contributed by atoms with Gasteiger partial charge in [0.2, 0.25) is 0 Å². The lowest BCUT2D eigenvalue weighted by atomic mass is 9.89. The Morgan fingerprint density at radius 2 is 0.747 bits per heavy atom. The summed E-state index contributed by atoms with van der Waals surface area (Å²) in [6, 6.07) is 18.6. The summed E-state index contributed by atoms with van der Waals surface area (Å²) in [7, 11) is -5.74. The van der Waals surface area contributed by atoms with Crippen LogP contribution in [-0.4, -0.2) is 197 Å². The van der Waals surface area contributed by atoms with Gasteiger partial charge in [0.25, 0.3) is 40.1 Å². The largest absolute Gasteiger partial charge is 0.497 e. The molecule has 0 unspecified atom stereocenters. The van der Waals surface area contributed by atoms with Gasteiger partial charge in [0, 0.05) is 113 Å². The van der Waals surface area contributed by atoms with Gasteiger partial charge in [-0.25, -0.2) is 94.2 Å². The van der Waals surface area contributed by atoms with Gasteiger partial charge in [-0.15, -0.1) is 45.3 Å². The molecule has 4 aromatic heterocycles. The van der Waals surface area contributed by atoms with Gasteiger partial charge in [0.05, 0.1) is 96.5 Å². The molecule has 6 aromatic carbocycles. The number of thiazole rings is 4. The number of benzene rings is 6. The number of carbonyl (C=O) groups excluding carboxylic acids is 2. The van der Waals surface area contributed by atoms with Crippen molar-refractivity contribution in [3.8, 4) is 23.0 Å². The number of aromatic nitrogens is 4. The van der Waals surface area contributed by atoms with Gasteiger partial charge in [-0.05, 0) is 180 Å². The number of aliphatic carboxylic acids is 1. The summed E-state index contributed by atoms with van der Waals surface area (Å²) < 4.78 is 237. The molecule has 34 nitrogen and oxygen atoms in total. The molecule has 14 rings (SSSR count). The molecule has 0 saturated heterocycles. The van der Waals surface area contributed by atoms with Crippen LogP contribution in [0.4, 0.5) is 83.6 Å². The van der Waals surface area contributed by atoms with E-state index in [1.54, 1.807) is 111 Å². The second kappa shape index (κ2) is 52.3. The van der Waals surface area contributed by atoms with E-state index in [1.807, 2.05) is 14.1 Å². The number of alkyl carbamates (subject to hydrolysis) is 1. The van der Waals surface area contributed by atoms with Crippen molar-refractivity contribution in [2.45, 2.75) is 243 Å². The first-order chi connectivity index (χ1) is 68.8. The van der Waals surface area contributed by atoms with Crippen molar-refractivity contribution in [1.29, 1.82) is 0 Å². The van der Waals surface area contributed by atoms with Gasteiger partial charge in [0.1, 0.15) is 77.1 Å². The molecule has 4 aliphatic rings. The number of halogens is 11. The lowest BCUT2D eigenvalue weighted by molar-refractivity contribution is -0.192. The zero-order valence-electron chi connectivity index (χ0n) is 81.5. The summed E-state index contributed by atoms with van der Waals surface area (Å²) in [4.78, 5) is 49.5. The maximum atomic E-state index is 15.8. The van der Waals surface area contributed by atoms with Crippen LogP contribution in [0.3, 0.4) is 0 Å². The third-order valence-electron chi connectivity index (χ3n) is 23.2. The monoisotopic (exact) mass is 2270 g/mol. The van der Waals surface area contributed by atoms with Crippen LogP contribution in [-0.2, 0) is 67.5 Å². The topological polar surface area (TPSA) is 433 Å². The average Bonchev–Trinajstić information content (AvgIpc) is 0.870. The van der Waals surface area contributed by atoms with Gasteiger partial charge in [0.15, 0.2) is 20.5 Å². The summed E-state index contributed by atoms with van der Waals surface area (Å²) in [6.07, 6.45) is 14.6. The van der Waals surface area contributed by atoms with E-state index in [-0.39, 0.29) is 113 Å². The van der Waals surface area contributed by atoms with Crippen LogP contribution < -0.4 is 74.2 Å². The quantitative estimate of drug-likeness (QED) is 0.0175. The molecule has 800 valence electrons. The molecule has 146 heavy (non-hydrogen) atoms. The zero-order valence-corrected chi connectivity index (χ0v) is 91.0. The van der Waals surface area contributed by atoms with Crippen LogP contribution in [0.15, 0.2) is 151 Å². The Hall–Kier alpha value is -10.2. The number of nitrogens with zero attached hydrogens (tertiary/aromatic N) is 7. The number of sulfonamides is 4. The molecule has 4 aliphatic carbocycles. The van der Waals surface area contributed by atoms with Crippen LogP contribution in [0.2, 0.25) is 20.1 Å². The molecule has 53 heteroatoms. The smallest absolute Gasteiger partial charge is 0.490 e. The summed E-state index contributed by atoms with van der Waals surface area (Å²) in [5.74, 6) is -4.58. The van der Waals surface area contributed by atoms with Crippen molar-refractivity contribution in [2.75, 3.05) is 88.9 Å². The van der Waals surface area contributed by atoms with E-state index in [9.17, 15) is 65.2 Å². The molecule has 0 aliphatic heterocycles. The van der Waals surface area contributed by atoms with E-state index in [1.165, 1.54) is 53.2 Å². The second-order valence-electron chi connectivity index (χ2n) is 35.6. The van der Waals surface area contributed by atoms with Crippen LogP contribution >= 0.6 is 91.8 Å². The first-order valence-electron chi connectivity index (χ1n) is 45.6. The number of hydrogen-bond donors (Lipinski definition) is 10. The van der Waals surface area contributed by atoms with E-state index < -0.39 is 118 Å². The van der Waals surface area contributed by atoms with Gasteiger partial charge in [-0.3, -0.25) is 9.44 Å². The fourth-order valence-corrected chi connectivity index (χ4v) is 25.8. The van der Waals surface area contributed by atoms with Crippen LogP contribution in [0.25, 0.3) is 0 Å². The molecule has 4 heterocycles. The van der Waals surface area contributed by atoms with Gasteiger partial charge in [-0.2, -0.15) is 13.2 Å². The highest BCUT2D eigenvalue weighted by molar-refractivity contribution is 7.94. The number of carboxylic acids is 1. The highest BCUT2D eigenvalue weighted by Gasteiger charge is 2.41. The number of hydrogen-bond acceptors (Lipinski definition) is 31. The molecule has 0 spiro atoms. The SMILES string of the molecule is CN[C@H]1CCCC[C@@H]1Nc1cc(F)c(S(=O)(=O)Nc2nccs2)cc1Cl.CN[C@H]1CCCC[C@@H]1Nc1cc(F)c(S(=O)(=O)Nc2nccs2)cc1Cl.COc1ccc(CN(c2nccs2)S(=O)(=O)c2cc(Cl)c(N[C@@H]3CCCC[C@@H]3N(C)C(=O)OC(C)(C)C)cc2F)c(OC)c1.COc1ccc(CN(c2nccs2)S(=O)(=O)c2cc(Cl)c(N[C@H]3CCCC[C@@H]3NC(=O)OC(C)(C)C)cc2F)c(OC)c1.O=C(O)C(F)(F)F. The van der Waals surface area contributed by atoms with Crippen molar-refractivity contribution in [2.24, 2.45) is 0 Å². The van der Waals surface area contributed by atoms with E-state index in [4.69, 9.17) is 84.7 Å². The van der Waals surface area contributed by atoms with Crippen molar-refractivity contribution >= 4 is 193 Å². The molecular formula is C93H115Cl4F7N16O18S8. The van der Waals surface area contributed by atoms with Crippen molar-refractivity contribution < 1.29 is 112 Å². The fraction of sp³-hybridized carbons (Fsp3) is 0.452. The number of carbonyl (C=O) groups is 3. The third kappa shape index (κ3) is 32.4. The predicted octanol–water partition coefficient (Wildman–Crippen LogP) is 21.5. The minimum absolute atomic E-state index is 0.0164. The van der Waals surface area contributed by atoms with Crippen LogP contribution in [0, 0.1) is 23.3 Å². The first-order valence-corrected chi connectivity index (χ1v) is 56.4. The van der Waals surface area contributed by atoms with Crippen LogP contribution in [0.5, 0.6) is 23.0 Å². The van der Waals surface area contributed by atoms with Crippen molar-refractivity contribution in [3.05, 3.63) is 186 Å². The van der Waals surface area contributed by atoms with Gasteiger partial charge >= 0.3 is 24.3 Å². The molecular weight excluding hydrogens is 2160 g/mol. The maximum absolute atomic E-state index is 15.8. The number of ether oxygens (including phenoxy) is 6. The van der Waals surface area contributed by atoms with Crippen LogP contribution in [0.1, 0.15) is 155 Å². The van der Waals surface area contributed by atoms with Gasteiger partial charge in [-0.1, -0.05) is 97.8 Å². The number of amides is 2. The summed E-state index contributed by atoms with van der Waals surface area (Å²) >= 11 is 30.1. The van der Waals surface area contributed by atoms with Crippen molar-refractivity contribution in [1.82, 2.24) is 40.8 Å². The highest BCUT2D eigenvalue weighted by atomic mass is 35.5. The van der Waals surface area contributed by atoms with E-state index in [2.05, 4.69) is 66.6 Å². The Bertz CT molecular complexity index is 6400. The van der Waals surface area contributed by atoms with E-state index >= 15 is 8.78 Å². The highest BCUT2D eigenvalue weighted by Crippen LogP contribution is 2.43. The van der Waals surface area contributed by atoms with E-state index in [0.717, 1.165) is 186 Å². The molecule has 0 bridgehead atoms. The molecule has 0 radical (unpaired) electrons. The van der Waals surface area contributed by atoms with E-state index in [0.29, 0.717) is 64.8 Å². The molecule has 10 N–H and O–H groups in total. The first kappa shape index (κ1) is 118. The number of methoxy groups -OCH3 is 4. The minimum Gasteiger partial charge on any atom is -0.497 e. The number of rotatable bonds is 32. The summed E-state index contributed by atoms with van der Waals surface area (Å²) in [5, 5.41) is 37.0. The number of alkyl halides is 3. The third-order valence-corrected chi connectivity index (χ3v) is 34.2. The lowest BCUT2D eigenvalue weighted by Crippen LogP contribution is -2.50. The Morgan fingerprint density at radius 1 is 0.432 bits per heavy atom. The minimum atomic E-state index is -5.08. The molecule has 10 aromatic rings. The number of likely N-dealkylation sites (N-methyl/N-ethyl adjacent to an activating group) is 3. The Kier molecular flexibility index (Phi) is 42.2. The number of anilines is 8. The molecule has 4 fully saturated rings. The van der Waals surface area contributed by atoms with Crippen molar-refractivity contribution in [3.63, 3.8) is 0 Å². The summed E-state index contributed by atoms with van der Waals surface area (Å²) in [5.41, 5.74) is 0.979. The average molecular weight is 2280 g/mol. The summed E-state index contributed by atoms with van der Waals surface area (Å²) in [6.45, 7) is 10.4. The standard InChI is InChI=1S/C30H38ClFN4O6S2.C29H36ClFN4O6S2.2C16H20ClFN4O2S2.C2HF3O2/c1-30(2,3)42-29(37)35(4)25-10-8-7-9-23(25)34-24-17-22(32)27(16-21(24)31)44(38,39)36(28-33-13-14-43-28)18-19-11-12-20(40-5)15-26(19)41-6;1-29(2,3)41-28(36)34-23-9-7-6-8-22(23)33-24-16-21(31)26(15-20(24)30)43(37,38)35(27-32-12-13-42-27)17-18-10-11-19(39-4)14-25(18)40-5;2*1-19-12-4-2-3-5-13(12)21-14-9-11(18)15(8-10(14)17)26(23,24)22-16-20-6-7-25-16;3-2(4,5)1(6)7/h11-17,23,25,34H,7-10,18H2,1-6H3;10-16,22-23,33H,6-9,17H2,1-5H3,(H,34,36);2*6-9,12-13,19,21H,2-5H2,1H3,(H,20,22);(H,6,7)/t23-,25+;22-,23-;2*12-,13-;/m1000./s1. The zero-order chi connectivity index (χ0) is 107. The Morgan fingerprint density at radius 3 is 1.07 bits per heavy atom. The second-order valence-corrected chi connectivity index (χ2v) is 47.7. The fourth-order valence-electron chi connectivity index (χ4n) is 16.2. The Labute approximate surface area is 879 Å².